The Balaban J connectivity index is 0.000000574. The number of hydrogen-bond donors (Lipinski definition) is 0. The van der Waals surface area contributed by atoms with E-state index in [-0.39, 0.29) is 0 Å². The SMILES string of the molecule is CCOc1ccc(Cc2cc3ccc2-3)cc1.ClI. The van der Waals surface area contributed by atoms with Crippen LogP contribution in [0.25, 0.3) is 11.1 Å². The van der Waals surface area contributed by atoms with Gasteiger partial charge >= 0.3 is 0 Å². The molecule has 1 nitrogen and oxygen atoms in total. The first kappa shape index (κ1) is 13.7. The summed E-state index contributed by atoms with van der Waals surface area (Å²) in [6.45, 7) is 2.73. The second kappa shape index (κ2) is 6.43. The van der Waals surface area contributed by atoms with Gasteiger partial charge in [-0.1, -0.05) is 30.3 Å². The number of ether oxygens (including phenoxy) is 1. The minimum absolute atomic E-state index is 0.728. The van der Waals surface area contributed by atoms with Gasteiger partial charge in [0.1, 0.15) is 5.75 Å². The molecule has 3 heteroatoms. The van der Waals surface area contributed by atoms with Crippen molar-refractivity contribution < 1.29 is 4.74 Å². The summed E-state index contributed by atoms with van der Waals surface area (Å²) in [7, 11) is 4.61. The average Bonchev–Trinajstić information content (AvgIpc) is 2.40. The minimum atomic E-state index is 0.728. The van der Waals surface area contributed by atoms with Crippen molar-refractivity contribution >= 4 is 30.4 Å². The van der Waals surface area contributed by atoms with E-state index in [9.17, 15) is 0 Å². The van der Waals surface area contributed by atoms with Crippen LogP contribution in [0, 0.1) is 0 Å². The van der Waals surface area contributed by atoms with Gasteiger partial charge in [0, 0.05) is 21.5 Å². The van der Waals surface area contributed by atoms with Crippen LogP contribution in [-0.4, -0.2) is 6.61 Å². The fourth-order valence-corrected chi connectivity index (χ4v) is 2.11. The fraction of sp³-hybridized carbons (Fsp3) is 0.200. The maximum atomic E-state index is 5.42. The molecular formula is C15H14ClIO. The maximum absolute atomic E-state index is 5.42. The second-order valence-corrected chi connectivity index (χ2v) is 4.13. The van der Waals surface area contributed by atoms with Crippen LogP contribution in [0.15, 0.2) is 42.5 Å². The summed E-state index contributed by atoms with van der Waals surface area (Å²) in [6.07, 6.45) is 1.04. The average molecular weight is 373 g/mol. The molecule has 0 heterocycles. The molecule has 0 atom stereocenters. The molecule has 2 aliphatic carbocycles. The summed E-state index contributed by atoms with van der Waals surface area (Å²) in [5.41, 5.74) is 5.68. The van der Waals surface area contributed by atoms with Gasteiger partial charge in [0.2, 0.25) is 0 Å². The fourth-order valence-electron chi connectivity index (χ4n) is 2.11. The first-order valence-corrected chi connectivity index (χ1v) is 8.59. The van der Waals surface area contributed by atoms with Crippen molar-refractivity contribution in [3.8, 4) is 16.9 Å². The van der Waals surface area contributed by atoms with Gasteiger partial charge in [-0.05, 0) is 56.6 Å². The molecule has 3 rings (SSSR count). The summed E-state index contributed by atoms with van der Waals surface area (Å²) in [4.78, 5) is 0. The first-order valence-electron chi connectivity index (χ1n) is 5.86. The van der Waals surface area contributed by atoms with Crippen LogP contribution in [-0.2, 0) is 6.42 Å². The van der Waals surface area contributed by atoms with Gasteiger partial charge in [-0.2, -0.15) is 0 Å². The van der Waals surface area contributed by atoms with E-state index < -0.39 is 0 Å². The van der Waals surface area contributed by atoms with E-state index >= 15 is 0 Å². The van der Waals surface area contributed by atoms with E-state index in [0.29, 0.717) is 0 Å². The number of halogens is 2. The van der Waals surface area contributed by atoms with Crippen LogP contribution in [0.4, 0.5) is 0 Å². The van der Waals surface area contributed by atoms with Crippen molar-refractivity contribution in [3.05, 3.63) is 53.6 Å². The third-order valence-electron chi connectivity index (χ3n) is 3.05. The van der Waals surface area contributed by atoms with Gasteiger partial charge in [0.05, 0.1) is 6.61 Å². The Morgan fingerprint density at radius 2 is 1.78 bits per heavy atom. The molecule has 0 aromatic heterocycles. The van der Waals surface area contributed by atoms with Crippen molar-refractivity contribution in [1.82, 2.24) is 0 Å². The van der Waals surface area contributed by atoms with Crippen molar-refractivity contribution in [2.24, 2.45) is 0 Å². The molecule has 0 fully saturated rings. The lowest BCUT2D eigenvalue weighted by Gasteiger charge is -2.21. The molecule has 0 spiro atoms. The van der Waals surface area contributed by atoms with E-state index in [0.717, 1.165) is 18.8 Å². The molecule has 0 bridgehead atoms. The van der Waals surface area contributed by atoms with Gasteiger partial charge in [-0.25, -0.2) is 0 Å². The largest absolute Gasteiger partial charge is 0.494 e. The number of fused-ring (bicyclic) bond motifs is 1. The highest BCUT2D eigenvalue weighted by Gasteiger charge is 2.16. The quantitative estimate of drug-likeness (QED) is 0.570. The van der Waals surface area contributed by atoms with Crippen LogP contribution < -0.4 is 4.74 Å². The topological polar surface area (TPSA) is 9.23 Å². The van der Waals surface area contributed by atoms with Gasteiger partial charge in [-0.3, -0.25) is 0 Å². The summed E-state index contributed by atoms with van der Waals surface area (Å²) < 4.78 is 5.42. The van der Waals surface area contributed by atoms with E-state index in [1.54, 1.807) is 21.5 Å². The van der Waals surface area contributed by atoms with Crippen molar-refractivity contribution in [2.45, 2.75) is 13.3 Å². The third-order valence-corrected chi connectivity index (χ3v) is 3.05. The van der Waals surface area contributed by atoms with E-state index in [2.05, 4.69) is 39.2 Å². The zero-order valence-electron chi connectivity index (χ0n) is 10.1. The monoisotopic (exact) mass is 372 g/mol. The smallest absolute Gasteiger partial charge is 0.119 e. The standard InChI is InChI=1S/C15H14O.ClI/c1-2-16-14-6-3-11(4-7-14)9-13-10-12-5-8-15(12)13;1-2/h3-8,10H,2,9H2,1H3;. The van der Waals surface area contributed by atoms with Crippen LogP contribution >= 0.6 is 30.4 Å². The molecular weight excluding hydrogens is 359 g/mol. The summed E-state index contributed by atoms with van der Waals surface area (Å²) in [5.74, 6) is 0.956. The molecule has 0 radical (unpaired) electrons. The predicted molar refractivity (Wildman–Crippen MR) is 85.7 cm³/mol. The first-order chi connectivity index (χ1) is 8.86. The molecule has 2 aliphatic rings. The van der Waals surface area contributed by atoms with Crippen LogP contribution in [0.1, 0.15) is 18.1 Å². The minimum Gasteiger partial charge on any atom is -0.494 e. The van der Waals surface area contributed by atoms with Crippen molar-refractivity contribution in [3.63, 3.8) is 0 Å². The van der Waals surface area contributed by atoms with Crippen LogP contribution in [0.3, 0.4) is 0 Å². The Hall–Kier alpha value is -0.740. The molecule has 0 unspecified atom stereocenters. The normalized spacial score (nSPS) is 10.4. The molecule has 94 valence electrons. The highest BCUT2D eigenvalue weighted by molar-refractivity contribution is 14.1. The lowest BCUT2D eigenvalue weighted by molar-refractivity contribution is 0.340. The highest BCUT2D eigenvalue weighted by Crippen LogP contribution is 2.37. The third kappa shape index (κ3) is 2.81. The Morgan fingerprint density at radius 1 is 1.06 bits per heavy atom. The summed E-state index contributed by atoms with van der Waals surface area (Å²) >= 11 is 1.62. The molecule has 0 N–H and O–H groups in total. The lowest BCUT2D eigenvalue weighted by Crippen LogP contribution is -2.01. The Kier molecular flexibility index (Phi) is 4.89. The summed E-state index contributed by atoms with van der Waals surface area (Å²) in [5, 5.41) is 0. The van der Waals surface area contributed by atoms with Crippen molar-refractivity contribution in [2.75, 3.05) is 6.61 Å². The van der Waals surface area contributed by atoms with E-state index in [1.807, 2.05) is 19.1 Å². The van der Waals surface area contributed by atoms with E-state index in [4.69, 9.17) is 4.74 Å². The Labute approximate surface area is 125 Å². The van der Waals surface area contributed by atoms with E-state index in [1.165, 1.54) is 22.3 Å². The van der Waals surface area contributed by atoms with Gasteiger partial charge in [0.25, 0.3) is 0 Å². The van der Waals surface area contributed by atoms with Crippen LogP contribution in [0.5, 0.6) is 5.75 Å². The number of benzene rings is 2. The maximum Gasteiger partial charge on any atom is 0.119 e. The Bertz CT molecular complexity index is 523. The Morgan fingerprint density at radius 3 is 2.22 bits per heavy atom. The lowest BCUT2D eigenvalue weighted by atomic mass is 9.84. The molecule has 0 amide bonds. The molecule has 1 aromatic carbocycles. The van der Waals surface area contributed by atoms with Gasteiger partial charge in [-0.15, -0.1) is 0 Å². The highest BCUT2D eigenvalue weighted by atomic mass is 127. The van der Waals surface area contributed by atoms with Gasteiger partial charge < -0.3 is 4.74 Å². The van der Waals surface area contributed by atoms with Crippen molar-refractivity contribution in [1.29, 1.82) is 0 Å². The predicted octanol–water partition coefficient (Wildman–Crippen LogP) is 5.23. The molecule has 1 aromatic rings. The summed E-state index contributed by atoms with van der Waals surface area (Å²) in [6, 6.07) is 15.0. The molecule has 0 aliphatic heterocycles. The number of hydrogen-bond acceptors (Lipinski definition) is 1. The van der Waals surface area contributed by atoms with Crippen LogP contribution in [0.2, 0.25) is 0 Å². The second-order valence-electron chi connectivity index (χ2n) is 4.13. The zero-order chi connectivity index (χ0) is 13.0. The number of rotatable bonds is 4. The zero-order valence-corrected chi connectivity index (χ0v) is 13.0. The molecule has 0 saturated carbocycles. The molecule has 0 saturated heterocycles. The molecule has 18 heavy (non-hydrogen) atoms. The van der Waals surface area contributed by atoms with Gasteiger partial charge in [0.15, 0.2) is 0 Å².